The molecule has 216 valence electrons. The van der Waals surface area contributed by atoms with Gasteiger partial charge in [0.05, 0.1) is 32.6 Å². The minimum atomic E-state index is -1.39. The van der Waals surface area contributed by atoms with Gasteiger partial charge in [-0.15, -0.1) is 12.8 Å². The number of benzene rings is 3. The Bertz CT molecular complexity index is 1760. The number of methoxy groups -OCH3 is 3. The molecule has 2 aliphatic rings. The van der Waals surface area contributed by atoms with Crippen LogP contribution < -0.4 is 23.7 Å². The third-order valence-corrected chi connectivity index (χ3v) is 8.14. The number of terminal acetylenes is 2. The van der Waals surface area contributed by atoms with E-state index in [-0.39, 0.29) is 13.2 Å². The van der Waals surface area contributed by atoms with E-state index in [1.165, 1.54) is 0 Å². The van der Waals surface area contributed by atoms with Gasteiger partial charge < -0.3 is 28.4 Å². The van der Waals surface area contributed by atoms with Gasteiger partial charge >= 0.3 is 0 Å². The Labute approximate surface area is 250 Å². The molecule has 6 rings (SSSR count). The van der Waals surface area contributed by atoms with Gasteiger partial charge in [-0.1, -0.05) is 61.2 Å². The lowest BCUT2D eigenvalue weighted by atomic mass is 9.72. The molecule has 0 saturated heterocycles. The first kappa shape index (κ1) is 28.0. The van der Waals surface area contributed by atoms with Crippen LogP contribution >= 0.6 is 0 Å². The third-order valence-electron chi connectivity index (χ3n) is 8.14. The average Bonchev–Trinajstić information content (AvgIpc) is 3.47. The molecule has 0 N–H and O–H groups in total. The second-order valence-electron chi connectivity index (χ2n) is 10.1. The summed E-state index contributed by atoms with van der Waals surface area (Å²) in [5.74, 6) is 7.84. The lowest BCUT2D eigenvalue weighted by Crippen LogP contribution is -2.50. The number of aromatic nitrogens is 2. The largest absolute Gasteiger partial charge is 0.497 e. The molecule has 0 unspecified atom stereocenters. The summed E-state index contributed by atoms with van der Waals surface area (Å²) in [7, 11) is 4.80. The Kier molecular flexibility index (Phi) is 7.09. The normalized spacial score (nSPS) is 20.9. The van der Waals surface area contributed by atoms with Crippen molar-refractivity contribution in [1.82, 2.24) is 9.97 Å². The number of hydrogen-bond donors (Lipinski definition) is 0. The van der Waals surface area contributed by atoms with Gasteiger partial charge in [0.2, 0.25) is 5.88 Å². The zero-order valence-corrected chi connectivity index (χ0v) is 24.3. The van der Waals surface area contributed by atoms with Crippen LogP contribution in [0.2, 0.25) is 0 Å². The van der Waals surface area contributed by atoms with E-state index in [1.807, 2.05) is 67.6 Å². The van der Waals surface area contributed by atoms with E-state index in [4.69, 9.17) is 51.2 Å². The molecule has 4 aromatic rings. The lowest BCUT2D eigenvalue weighted by Gasteiger charge is -2.41. The fourth-order valence-corrected chi connectivity index (χ4v) is 6.39. The highest BCUT2D eigenvalue weighted by Crippen LogP contribution is 2.71. The van der Waals surface area contributed by atoms with Crippen LogP contribution in [0.15, 0.2) is 66.7 Å². The highest BCUT2D eigenvalue weighted by Gasteiger charge is 2.74. The molecule has 43 heavy (non-hydrogen) atoms. The van der Waals surface area contributed by atoms with Crippen molar-refractivity contribution in [2.24, 2.45) is 0 Å². The molecular formula is C35H30N2O6. The first-order valence-corrected chi connectivity index (χ1v) is 13.7. The van der Waals surface area contributed by atoms with Crippen molar-refractivity contribution >= 4 is 0 Å². The van der Waals surface area contributed by atoms with Crippen LogP contribution in [0, 0.1) is 24.7 Å². The zero-order chi connectivity index (χ0) is 30.2. The summed E-state index contributed by atoms with van der Waals surface area (Å²) in [6, 6.07) is 20.9. The van der Waals surface area contributed by atoms with Crippen LogP contribution in [-0.2, 0) is 15.9 Å². The van der Waals surface area contributed by atoms with Crippen LogP contribution in [0.3, 0.4) is 0 Å². The number of fused-ring (bicyclic) bond motifs is 5. The molecule has 8 heteroatoms. The third kappa shape index (κ3) is 3.99. The van der Waals surface area contributed by atoms with Crippen molar-refractivity contribution in [3.63, 3.8) is 0 Å². The Morgan fingerprint density at radius 3 is 2.23 bits per heavy atom. The fraction of sp³-hybridized carbons (Fsp3) is 0.257. The molecule has 0 bridgehead atoms. The quantitative estimate of drug-likeness (QED) is 0.243. The highest BCUT2D eigenvalue weighted by molar-refractivity contribution is 5.70. The summed E-state index contributed by atoms with van der Waals surface area (Å²) in [6.07, 6.45) is 11.5. The standard InChI is InChI=1S/C35H30N2O6/c1-7-18-41-33-29-22(3)34(24-14-16-25(38-4)17-15-24)35(42-19-8-2,30-27(40-6)20-26(39-5)21-28(30)43-34)31(29)36-32(37-33)23-12-10-9-11-13-23/h1-2,9-17,20-22H,18-19H2,3-6H3/t22-,34-,35+/m1/s1. The first-order chi connectivity index (χ1) is 21.0. The maximum Gasteiger partial charge on any atom is 0.222 e. The second kappa shape index (κ2) is 10.9. The monoisotopic (exact) mass is 574 g/mol. The molecule has 0 saturated carbocycles. The van der Waals surface area contributed by atoms with E-state index in [1.54, 1.807) is 27.4 Å². The molecule has 1 aromatic heterocycles. The van der Waals surface area contributed by atoms with E-state index in [0.717, 1.165) is 11.1 Å². The number of ether oxygens (including phenoxy) is 6. The van der Waals surface area contributed by atoms with Gasteiger partial charge in [-0.05, 0) is 17.7 Å². The summed E-state index contributed by atoms with van der Waals surface area (Å²) < 4.78 is 37.2. The first-order valence-electron chi connectivity index (χ1n) is 13.7. The smallest absolute Gasteiger partial charge is 0.222 e. The molecule has 0 spiro atoms. The van der Waals surface area contributed by atoms with E-state index in [9.17, 15) is 0 Å². The van der Waals surface area contributed by atoms with Gasteiger partial charge in [-0.25, -0.2) is 4.98 Å². The van der Waals surface area contributed by atoms with Crippen LogP contribution in [-0.4, -0.2) is 44.5 Å². The molecular weight excluding hydrogens is 544 g/mol. The topological polar surface area (TPSA) is 81.2 Å². The van der Waals surface area contributed by atoms with Gasteiger partial charge in [-0.3, -0.25) is 0 Å². The molecule has 3 atom stereocenters. The van der Waals surface area contributed by atoms with E-state index < -0.39 is 17.1 Å². The van der Waals surface area contributed by atoms with Gasteiger partial charge in [0.1, 0.15) is 29.6 Å². The number of rotatable bonds is 9. The molecule has 8 nitrogen and oxygen atoms in total. The van der Waals surface area contributed by atoms with Crippen LogP contribution in [0.25, 0.3) is 11.4 Å². The van der Waals surface area contributed by atoms with Crippen molar-refractivity contribution in [3.8, 4) is 65.0 Å². The number of hydrogen-bond acceptors (Lipinski definition) is 8. The summed E-state index contributed by atoms with van der Waals surface area (Å²) in [5, 5.41) is 0. The maximum atomic E-state index is 7.11. The van der Waals surface area contributed by atoms with Crippen molar-refractivity contribution in [2.75, 3.05) is 34.5 Å². The summed E-state index contributed by atoms with van der Waals surface area (Å²) >= 11 is 0. The zero-order valence-electron chi connectivity index (χ0n) is 24.3. The molecule has 0 fully saturated rings. The maximum absolute atomic E-state index is 7.11. The molecule has 3 aromatic carbocycles. The Balaban J connectivity index is 1.77. The van der Waals surface area contributed by atoms with E-state index in [0.29, 0.717) is 51.5 Å². The molecule has 2 heterocycles. The SMILES string of the molecule is C#CCOc1nc(-c2ccccc2)nc2c1[C@@H](C)[C@]1(c3ccc(OC)cc3)Oc3cc(OC)cc(OC)c3[C@]21OCC#C. The Morgan fingerprint density at radius 2 is 1.58 bits per heavy atom. The predicted octanol–water partition coefficient (Wildman–Crippen LogP) is 5.48. The highest BCUT2D eigenvalue weighted by atomic mass is 16.6. The minimum Gasteiger partial charge on any atom is -0.497 e. The molecule has 0 radical (unpaired) electrons. The van der Waals surface area contributed by atoms with Gasteiger partial charge in [0.15, 0.2) is 23.6 Å². The van der Waals surface area contributed by atoms with Crippen molar-refractivity contribution in [1.29, 1.82) is 0 Å². The predicted molar refractivity (Wildman–Crippen MR) is 161 cm³/mol. The van der Waals surface area contributed by atoms with Crippen molar-refractivity contribution < 1.29 is 28.4 Å². The fourth-order valence-electron chi connectivity index (χ4n) is 6.39. The average molecular weight is 575 g/mol. The molecule has 1 aliphatic carbocycles. The van der Waals surface area contributed by atoms with Crippen molar-refractivity contribution in [2.45, 2.75) is 24.0 Å². The van der Waals surface area contributed by atoms with Crippen LogP contribution in [0.1, 0.15) is 35.2 Å². The van der Waals surface area contributed by atoms with Gasteiger partial charge in [0.25, 0.3) is 0 Å². The van der Waals surface area contributed by atoms with E-state index >= 15 is 0 Å². The van der Waals surface area contributed by atoms with Crippen LogP contribution in [0.5, 0.6) is 28.9 Å². The minimum absolute atomic E-state index is 0.0100. The van der Waals surface area contributed by atoms with Crippen molar-refractivity contribution in [3.05, 3.63) is 89.1 Å². The molecule has 1 aliphatic heterocycles. The van der Waals surface area contributed by atoms with Gasteiger partial charge in [-0.2, -0.15) is 4.98 Å². The van der Waals surface area contributed by atoms with Crippen LogP contribution in [0.4, 0.5) is 0 Å². The van der Waals surface area contributed by atoms with E-state index in [2.05, 4.69) is 11.8 Å². The number of nitrogens with zero attached hydrogens (tertiary/aromatic N) is 2. The summed E-state index contributed by atoms with van der Waals surface area (Å²) in [6.45, 7) is 2.00. The summed E-state index contributed by atoms with van der Waals surface area (Å²) in [4.78, 5) is 10.1. The molecule has 0 amide bonds. The lowest BCUT2D eigenvalue weighted by molar-refractivity contribution is -0.127. The Hall–Kier alpha value is -5.18. The summed E-state index contributed by atoms with van der Waals surface area (Å²) in [5.41, 5.74) is 0.860. The Morgan fingerprint density at radius 1 is 0.860 bits per heavy atom. The van der Waals surface area contributed by atoms with Gasteiger partial charge in [0, 0.05) is 29.2 Å². The second-order valence-corrected chi connectivity index (χ2v) is 10.1.